The van der Waals surface area contributed by atoms with E-state index >= 15 is 0 Å². The first-order valence-corrected chi connectivity index (χ1v) is 7.83. The summed E-state index contributed by atoms with van der Waals surface area (Å²) in [5, 5.41) is 5.03. The molecule has 0 heterocycles. The predicted molar refractivity (Wildman–Crippen MR) is 82.3 cm³/mol. The van der Waals surface area contributed by atoms with Gasteiger partial charge in [0.25, 0.3) is 0 Å². The zero-order chi connectivity index (χ0) is 15.4. The molecule has 4 nitrogen and oxygen atoms in total. The Labute approximate surface area is 131 Å². The first-order chi connectivity index (χ1) is 9.97. The van der Waals surface area contributed by atoms with E-state index in [1.165, 1.54) is 12.1 Å². The Kier molecular flexibility index (Phi) is 5.33. The van der Waals surface area contributed by atoms with E-state index in [0.29, 0.717) is 10.4 Å². The van der Waals surface area contributed by atoms with E-state index in [4.69, 9.17) is 0 Å². The highest BCUT2D eigenvalue weighted by Crippen LogP contribution is 2.24. The van der Waals surface area contributed by atoms with Crippen LogP contribution in [0.3, 0.4) is 0 Å². The Morgan fingerprint density at radius 2 is 1.95 bits per heavy atom. The summed E-state index contributed by atoms with van der Waals surface area (Å²) < 4.78 is 14.2. The van der Waals surface area contributed by atoms with Crippen LogP contribution >= 0.6 is 15.9 Å². The van der Waals surface area contributed by atoms with E-state index < -0.39 is 17.6 Å². The number of carbonyl (C=O) groups excluding carboxylic acids is 2. The van der Waals surface area contributed by atoms with Crippen LogP contribution in [0.4, 0.5) is 10.1 Å². The van der Waals surface area contributed by atoms with Gasteiger partial charge < -0.3 is 10.6 Å². The summed E-state index contributed by atoms with van der Waals surface area (Å²) in [4.78, 5) is 23.7. The molecule has 0 unspecified atom stereocenters. The van der Waals surface area contributed by atoms with Crippen molar-refractivity contribution in [1.29, 1.82) is 0 Å². The zero-order valence-corrected chi connectivity index (χ0v) is 13.4. The van der Waals surface area contributed by atoms with Crippen LogP contribution < -0.4 is 10.6 Å². The maximum absolute atomic E-state index is 13.6. The quantitative estimate of drug-likeness (QED) is 0.799. The minimum atomic E-state index is -0.839. The number of benzene rings is 1. The van der Waals surface area contributed by atoms with Crippen molar-refractivity contribution >= 4 is 33.4 Å². The first-order valence-electron chi connectivity index (χ1n) is 7.04. The molecule has 2 amide bonds. The summed E-state index contributed by atoms with van der Waals surface area (Å²) in [6.07, 6.45) is 4.14. The third kappa shape index (κ3) is 4.27. The second-order valence-electron chi connectivity index (χ2n) is 5.42. The van der Waals surface area contributed by atoms with Crippen molar-refractivity contribution in [2.75, 3.05) is 5.32 Å². The fourth-order valence-corrected chi connectivity index (χ4v) is 2.87. The first kappa shape index (κ1) is 15.9. The monoisotopic (exact) mass is 356 g/mol. The molecule has 114 valence electrons. The molecular formula is C15H18BrFN2O2. The van der Waals surface area contributed by atoms with Gasteiger partial charge in [0.1, 0.15) is 5.82 Å². The van der Waals surface area contributed by atoms with Crippen molar-refractivity contribution in [3.05, 3.63) is 28.5 Å². The number of nitrogens with one attached hydrogen (secondary N) is 2. The van der Waals surface area contributed by atoms with E-state index in [9.17, 15) is 14.0 Å². The van der Waals surface area contributed by atoms with Gasteiger partial charge in [0.2, 0.25) is 0 Å². The van der Waals surface area contributed by atoms with Gasteiger partial charge in [0, 0.05) is 10.5 Å². The fraction of sp³-hybridized carbons (Fsp3) is 0.467. The SMILES string of the molecule is C[C@H]1CCCC[C@@H]1NC(=O)C(=O)Nc1ccc(Br)cc1F. The molecule has 21 heavy (non-hydrogen) atoms. The Morgan fingerprint density at radius 3 is 2.62 bits per heavy atom. The van der Waals surface area contributed by atoms with E-state index in [2.05, 4.69) is 33.5 Å². The Hall–Kier alpha value is -1.43. The molecule has 0 aromatic heterocycles. The average molecular weight is 357 g/mol. The van der Waals surface area contributed by atoms with Gasteiger partial charge in [-0.3, -0.25) is 9.59 Å². The molecule has 1 aliphatic rings. The van der Waals surface area contributed by atoms with E-state index in [1.807, 2.05) is 0 Å². The van der Waals surface area contributed by atoms with Crippen LogP contribution in [0.25, 0.3) is 0 Å². The molecule has 1 aliphatic carbocycles. The zero-order valence-electron chi connectivity index (χ0n) is 11.8. The summed E-state index contributed by atoms with van der Waals surface area (Å²) in [5.41, 5.74) is -0.00459. The van der Waals surface area contributed by atoms with Crippen LogP contribution in [0.15, 0.2) is 22.7 Å². The van der Waals surface area contributed by atoms with Crippen LogP contribution in [0.1, 0.15) is 32.6 Å². The highest BCUT2D eigenvalue weighted by molar-refractivity contribution is 9.10. The number of halogens is 2. The molecule has 1 saturated carbocycles. The molecular weight excluding hydrogens is 339 g/mol. The Morgan fingerprint density at radius 1 is 1.24 bits per heavy atom. The highest BCUT2D eigenvalue weighted by atomic mass is 79.9. The second-order valence-corrected chi connectivity index (χ2v) is 6.34. The summed E-state index contributed by atoms with van der Waals surface area (Å²) >= 11 is 3.13. The summed E-state index contributed by atoms with van der Waals surface area (Å²) in [5.74, 6) is -1.78. The number of rotatable bonds is 2. The van der Waals surface area contributed by atoms with Crippen LogP contribution in [-0.4, -0.2) is 17.9 Å². The minimum absolute atomic E-state index is 0.00459. The maximum atomic E-state index is 13.6. The van der Waals surface area contributed by atoms with Gasteiger partial charge in [-0.05, 0) is 37.0 Å². The van der Waals surface area contributed by atoms with Crippen molar-refractivity contribution in [2.24, 2.45) is 5.92 Å². The van der Waals surface area contributed by atoms with Crippen molar-refractivity contribution in [2.45, 2.75) is 38.6 Å². The summed E-state index contributed by atoms with van der Waals surface area (Å²) in [6, 6.07) is 4.26. The number of amides is 2. The van der Waals surface area contributed by atoms with Crippen LogP contribution in [0, 0.1) is 11.7 Å². The lowest BCUT2D eigenvalue weighted by Gasteiger charge is -2.29. The lowest BCUT2D eigenvalue weighted by molar-refractivity contribution is -0.137. The van der Waals surface area contributed by atoms with E-state index in [0.717, 1.165) is 25.7 Å². The summed E-state index contributed by atoms with van der Waals surface area (Å²) in [6.45, 7) is 2.07. The Balaban J connectivity index is 1.94. The lowest BCUT2D eigenvalue weighted by atomic mass is 9.86. The molecule has 2 rings (SSSR count). The van der Waals surface area contributed by atoms with Crippen molar-refractivity contribution in [3.63, 3.8) is 0 Å². The third-order valence-electron chi connectivity index (χ3n) is 3.81. The van der Waals surface area contributed by atoms with Crippen molar-refractivity contribution < 1.29 is 14.0 Å². The molecule has 2 atom stereocenters. The van der Waals surface area contributed by atoms with Crippen LogP contribution in [0.5, 0.6) is 0 Å². The number of hydrogen-bond acceptors (Lipinski definition) is 2. The normalized spacial score (nSPS) is 21.7. The molecule has 0 saturated heterocycles. The number of hydrogen-bond donors (Lipinski definition) is 2. The fourth-order valence-electron chi connectivity index (χ4n) is 2.53. The van der Waals surface area contributed by atoms with Gasteiger partial charge in [0.15, 0.2) is 0 Å². The lowest BCUT2D eigenvalue weighted by Crippen LogP contribution is -2.45. The van der Waals surface area contributed by atoms with Gasteiger partial charge >= 0.3 is 11.8 Å². The molecule has 0 bridgehead atoms. The molecule has 0 radical (unpaired) electrons. The second kappa shape index (κ2) is 7.02. The number of anilines is 1. The standard InChI is InChI=1S/C15H18BrFN2O2/c1-9-4-2-3-5-12(9)18-14(20)15(21)19-13-7-6-10(16)8-11(13)17/h6-9,12H,2-5H2,1H3,(H,18,20)(H,19,21)/t9-,12-/m0/s1. The minimum Gasteiger partial charge on any atom is -0.345 e. The smallest absolute Gasteiger partial charge is 0.313 e. The summed E-state index contributed by atoms with van der Waals surface area (Å²) in [7, 11) is 0. The molecule has 1 fully saturated rings. The van der Waals surface area contributed by atoms with Crippen molar-refractivity contribution in [3.8, 4) is 0 Å². The van der Waals surface area contributed by atoms with Gasteiger partial charge in [0.05, 0.1) is 5.69 Å². The molecule has 2 N–H and O–H groups in total. The van der Waals surface area contributed by atoms with E-state index in [1.54, 1.807) is 6.07 Å². The largest absolute Gasteiger partial charge is 0.345 e. The van der Waals surface area contributed by atoms with Gasteiger partial charge in [-0.2, -0.15) is 0 Å². The third-order valence-corrected chi connectivity index (χ3v) is 4.31. The molecule has 1 aromatic rings. The molecule has 1 aromatic carbocycles. The van der Waals surface area contributed by atoms with Gasteiger partial charge in [-0.25, -0.2) is 4.39 Å². The maximum Gasteiger partial charge on any atom is 0.313 e. The average Bonchev–Trinajstić information content (AvgIpc) is 2.44. The van der Waals surface area contributed by atoms with Crippen LogP contribution in [-0.2, 0) is 9.59 Å². The topological polar surface area (TPSA) is 58.2 Å². The van der Waals surface area contributed by atoms with E-state index in [-0.39, 0.29) is 11.7 Å². The number of carbonyl (C=O) groups is 2. The predicted octanol–water partition coefficient (Wildman–Crippen LogP) is 3.22. The molecule has 6 heteroatoms. The van der Waals surface area contributed by atoms with Crippen molar-refractivity contribution in [1.82, 2.24) is 5.32 Å². The van der Waals surface area contributed by atoms with Gasteiger partial charge in [-0.15, -0.1) is 0 Å². The Bertz CT molecular complexity index is 550. The molecule has 0 spiro atoms. The van der Waals surface area contributed by atoms with Gasteiger partial charge in [-0.1, -0.05) is 35.7 Å². The molecule has 0 aliphatic heterocycles. The highest BCUT2D eigenvalue weighted by Gasteiger charge is 2.25. The van der Waals surface area contributed by atoms with Crippen LogP contribution in [0.2, 0.25) is 0 Å².